The number of alkyl halides is 1. The molecule has 0 unspecified atom stereocenters. The second-order valence-electron chi connectivity index (χ2n) is 3.96. The first-order chi connectivity index (χ1) is 9.86. The maximum atomic E-state index is 5.59. The summed E-state index contributed by atoms with van der Waals surface area (Å²) in [5.74, 6) is 7.22. The van der Waals surface area contributed by atoms with Crippen LogP contribution in [-0.4, -0.2) is 44.4 Å². The Kier molecular flexibility index (Phi) is 9.68. The number of nitrogens with zero attached hydrogens (tertiary/aromatic N) is 1. The number of ether oxygens (including phenoxy) is 3. The van der Waals surface area contributed by atoms with Gasteiger partial charge in [0.1, 0.15) is 5.75 Å². The van der Waals surface area contributed by atoms with Crippen molar-refractivity contribution in [2.24, 2.45) is 0 Å². The minimum atomic E-state index is 0.541. The third-order valence-electron chi connectivity index (χ3n) is 2.30. The zero-order chi connectivity index (χ0) is 14.5. The summed E-state index contributed by atoms with van der Waals surface area (Å²) in [4.78, 5) is 4.09. The van der Waals surface area contributed by atoms with Crippen LogP contribution >= 0.6 is 11.6 Å². The lowest BCUT2D eigenvalue weighted by atomic mass is 10.2. The van der Waals surface area contributed by atoms with Gasteiger partial charge in [-0.3, -0.25) is 4.98 Å². The van der Waals surface area contributed by atoms with E-state index in [0.717, 1.165) is 17.7 Å². The Labute approximate surface area is 125 Å². The fraction of sp³-hybridized carbons (Fsp3) is 0.533. The standard InChI is InChI=1S/C15H20ClNO3/c1-18-9-10-19-7-4-8-20-15-11-14(12-17-13-15)5-2-3-6-16/h11-13H,3-4,6-10H2,1H3. The molecule has 0 saturated carbocycles. The van der Waals surface area contributed by atoms with Gasteiger partial charge in [0.15, 0.2) is 0 Å². The molecule has 0 atom stereocenters. The molecule has 0 aliphatic heterocycles. The molecule has 0 fully saturated rings. The van der Waals surface area contributed by atoms with Gasteiger partial charge < -0.3 is 14.2 Å². The first-order valence-corrected chi connectivity index (χ1v) is 7.09. The van der Waals surface area contributed by atoms with Gasteiger partial charge in [-0.05, 0) is 6.07 Å². The fourth-order valence-corrected chi connectivity index (χ4v) is 1.47. The smallest absolute Gasteiger partial charge is 0.138 e. The molecular formula is C15H20ClNO3. The average Bonchev–Trinajstić information content (AvgIpc) is 2.47. The zero-order valence-corrected chi connectivity index (χ0v) is 12.5. The lowest BCUT2D eigenvalue weighted by Gasteiger charge is -2.06. The Balaban J connectivity index is 2.23. The first-order valence-electron chi connectivity index (χ1n) is 6.56. The molecule has 0 amide bonds. The van der Waals surface area contributed by atoms with Crippen molar-refractivity contribution in [2.75, 3.05) is 39.4 Å². The Bertz CT molecular complexity index is 429. The number of hydrogen-bond donors (Lipinski definition) is 0. The van der Waals surface area contributed by atoms with Gasteiger partial charge in [0.2, 0.25) is 0 Å². The van der Waals surface area contributed by atoms with E-state index in [1.165, 1.54) is 0 Å². The highest BCUT2D eigenvalue weighted by Gasteiger charge is 1.96. The van der Waals surface area contributed by atoms with E-state index in [1.54, 1.807) is 19.5 Å². The molecular weight excluding hydrogens is 278 g/mol. The number of halogens is 1. The van der Waals surface area contributed by atoms with Crippen LogP contribution in [-0.2, 0) is 9.47 Å². The number of rotatable bonds is 9. The summed E-state index contributed by atoms with van der Waals surface area (Å²) in [6.45, 7) is 2.48. The highest BCUT2D eigenvalue weighted by molar-refractivity contribution is 6.18. The van der Waals surface area contributed by atoms with Crippen molar-refractivity contribution in [3.05, 3.63) is 24.0 Å². The molecule has 0 aliphatic carbocycles. The normalized spacial score (nSPS) is 9.90. The summed E-state index contributed by atoms with van der Waals surface area (Å²) >= 11 is 5.57. The van der Waals surface area contributed by atoms with E-state index in [9.17, 15) is 0 Å². The number of aromatic nitrogens is 1. The van der Waals surface area contributed by atoms with Gasteiger partial charge in [0.25, 0.3) is 0 Å². The van der Waals surface area contributed by atoms with Gasteiger partial charge in [0.05, 0.1) is 26.0 Å². The lowest BCUT2D eigenvalue weighted by Crippen LogP contribution is -2.06. The highest BCUT2D eigenvalue weighted by Crippen LogP contribution is 2.10. The SMILES string of the molecule is COCCOCCCOc1cncc(C#CCCCl)c1. The summed E-state index contributed by atoms with van der Waals surface area (Å²) in [6.07, 6.45) is 4.89. The van der Waals surface area contributed by atoms with Gasteiger partial charge >= 0.3 is 0 Å². The van der Waals surface area contributed by atoms with Crippen LogP contribution in [0.25, 0.3) is 0 Å². The van der Waals surface area contributed by atoms with Crippen molar-refractivity contribution in [1.82, 2.24) is 4.98 Å². The molecule has 0 aromatic carbocycles. The Hall–Kier alpha value is -1.28. The van der Waals surface area contributed by atoms with Crippen LogP contribution in [0, 0.1) is 11.8 Å². The summed E-state index contributed by atoms with van der Waals surface area (Å²) in [5, 5.41) is 0. The average molecular weight is 298 g/mol. The largest absolute Gasteiger partial charge is 0.492 e. The van der Waals surface area contributed by atoms with Crippen molar-refractivity contribution >= 4 is 11.6 Å². The minimum Gasteiger partial charge on any atom is -0.492 e. The van der Waals surface area contributed by atoms with Gasteiger partial charge in [-0.2, -0.15) is 0 Å². The van der Waals surface area contributed by atoms with Gasteiger partial charge in [0, 0.05) is 44.2 Å². The second kappa shape index (κ2) is 11.5. The molecule has 0 N–H and O–H groups in total. The molecule has 110 valence electrons. The number of methoxy groups -OCH3 is 1. The summed E-state index contributed by atoms with van der Waals surface area (Å²) in [5.41, 5.74) is 0.837. The van der Waals surface area contributed by atoms with Crippen LogP contribution in [0.1, 0.15) is 18.4 Å². The quantitative estimate of drug-likeness (QED) is 0.399. The predicted octanol–water partition coefficient (Wildman–Crippen LogP) is 2.49. The van der Waals surface area contributed by atoms with Crippen LogP contribution in [0.5, 0.6) is 5.75 Å². The lowest BCUT2D eigenvalue weighted by molar-refractivity contribution is 0.0644. The van der Waals surface area contributed by atoms with E-state index >= 15 is 0 Å². The van der Waals surface area contributed by atoms with E-state index in [0.29, 0.717) is 38.7 Å². The minimum absolute atomic E-state index is 0.541. The molecule has 20 heavy (non-hydrogen) atoms. The monoisotopic (exact) mass is 297 g/mol. The third kappa shape index (κ3) is 8.00. The van der Waals surface area contributed by atoms with E-state index in [2.05, 4.69) is 16.8 Å². The fourth-order valence-electron chi connectivity index (χ4n) is 1.37. The van der Waals surface area contributed by atoms with Crippen LogP contribution in [0.3, 0.4) is 0 Å². The number of pyridine rings is 1. The molecule has 5 heteroatoms. The molecule has 0 bridgehead atoms. The molecule has 0 saturated heterocycles. The number of hydrogen-bond acceptors (Lipinski definition) is 4. The topological polar surface area (TPSA) is 40.6 Å². The Morgan fingerprint density at radius 3 is 2.90 bits per heavy atom. The summed E-state index contributed by atoms with van der Waals surface area (Å²) in [7, 11) is 1.66. The second-order valence-corrected chi connectivity index (χ2v) is 4.34. The first kappa shape index (κ1) is 16.8. The maximum absolute atomic E-state index is 5.59. The van der Waals surface area contributed by atoms with Crippen molar-refractivity contribution in [2.45, 2.75) is 12.8 Å². The maximum Gasteiger partial charge on any atom is 0.138 e. The van der Waals surface area contributed by atoms with Gasteiger partial charge in [-0.15, -0.1) is 11.6 Å². The van der Waals surface area contributed by atoms with Crippen molar-refractivity contribution < 1.29 is 14.2 Å². The summed E-state index contributed by atoms with van der Waals surface area (Å²) < 4.78 is 15.8. The highest BCUT2D eigenvalue weighted by atomic mass is 35.5. The molecule has 0 radical (unpaired) electrons. The molecule has 0 aliphatic rings. The van der Waals surface area contributed by atoms with Gasteiger partial charge in [-0.25, -0.2) is 0 Å². The molecule has 1 aromatic heterocycles. The molecule has 4 nitrogen and oxygen atoms in total. The van der Waals surface area contributed by atoms with E-state index in [1.807, 2.05) is 6.07 Å². The van der Waals surface area contributed by atoms with Crippen LogP contribution in [0.15, 0.2) is 18.5 Å². The van der Waals surface area contributed by atoms with E-state index < -0.39 is 0 Å². The third-order valence-corrected chi connectivity index (χ3v) is 2.49. The molecule has 1 aromatic rings. The van der Waals surface area contributed by atoms with Crippen LogP contribution in [0.4, 0.5) is 0 Å². The van der Waals surface area contributed by atoms with Crippen LogP contribution < -0.4 is 4.74 Å². The van der Waals surface area contributed by atoms with Crippen molar-refractivity contribution in [3.63, 3.8) is 0 Å². The zero-order valence-electron chi connectivity index (χ0n) is 11.7. The van der Waals surface area contributed by atoms with E-state index in [-0.39, 0.29) is 0 Å². The Morgan fingerprint density at radius 2 is 2.10 bits per heavy atom. The van der Waals surface area contributed by atoms with Gasteiger partial charge in [-0.1, -0.05) is 11.8 Å². The van der Waals surface area contributed by atoms with Crippen LogP contribution in [0.2, 0.25) is 0 Å². The predicted molar refractivity (Wildman–Crippen MR) is 79.3 cm³/mol. The molecule has 1 rings (SSSR count). The summed E-state index contributed by atoms with van der Waals surface area (Å²) in [6, 6.07) is 1.88. The Morgan fingerprint density at radius 1 is 1.20 bits per heavy atom. The molecule has 1 heterocycles. The van der Waals surface area contributed by atoms with E-state index in [4.69, 9.17) is 25.8 Å². The van der Waals surface area contributed by atoms with Crippen molar-refractivity contribution in [3.8, 4) is 17.6 Å². The van der Waals surface area contributed by atoms with Crippen molar-refractivity contribution in [1.29, 1.82) is 0 Å². The molecule has 0 spiro atoms.